The number of nitrogens with zero attached hydrogens (tertiary/aromatic N) is 5. The van der Waals surface area contributed by atoms with Crippen molar-refractivity contribution in [3.8, 4) is 22.8 Å². The summed E-state index contributed by atoms with van der Waals surface area (Å²) >= 11 is 1.40. The zero-order valence-corrected chi connectivity index (χ0v) is 18.6. The number of likely N-dealkylation sites (N-methyl/N-ethyl adjacent to an activating group) is 1. The lowest BCUT2D eigenvalue weighted by Crippen LogP contribution is -2.45. The summed E-state index contributed by atoms with van der Waals surface area (Å²) in [5, 5.41) is 4.53. The quantitative estimate of drug-likeness (QED) is 0.592. The molecule has 1 unspecified atom stereocenters. The molecule has 0 aliphatic carbocycles. The van der Waals surface area contributed by atoms with Gasteiger partial charge >= 0.3 is 0 Å². The largest absolute Gasteiger partial charge is 0.490 e. The van der Waals surface area contributed by atoms with Crippen LogP contribution in [-0.2, 0) is 10.8 Å². The average molecular weight is 448 g/mol. The standard InChI is InChI=1S/C20H25N5O3S2/c1-23-5-7-24(8-6-23)9-12-30(26)20-22-25-14-16(21-19(25)29-20)15-3-4-17-18(13-15)28-11-2-10-27-17/h3-4,13-14H,2,5-12H2,1H3. The number of fused-ring (bicyclic) bond motifs is 2. The molecule has 2 aromatic heterocycles. The SMILES string of the molecule is CN1CCN(CCS(=O)c2nn3cc(-c4ccc5c(c4)OCCCO5)nc3s2)CC1. The third-order valence-electron chi connectivity index (χ3n) is 5.45. The van der Waals surface area contributed by atoms with Gasteiger partial charge in [-0.1, -0.05) is 11.3 Å². The van der Waals surface area contributed by atoms with Crippen LogP contribution in [0.3, 0.4) is 0 Å². The van der Waals surface area contributed by atoms with Crippen molar-refractivity contribution in [2.75, 3.05) is 58.7 Å². The van der Waals surface area contributed by atoms with Gasteiger partial charge < -0.3 is 14.4 Å². The Hall–Kier alpha value is -2.01. The lowest BCUT2D eigenvalue weighted by atomic mass is 10.1. The summed E-state index contributed by atoms with van der Waals surface area (Å²) in [5.74, 6) is 2.13. The highest BCUT2D eigenvalue weighted by molar-refractivity contribution is 7.87. The fourth-order valence-electron chi connectivity index (χ4n) is 3.61. The topological polar surface area (TPSA) is 72.2 Å². The number of benzene rings is 1. The number of hydrogen-bond acceptors (Lipinski definition) is 8. The predicted octanol–water partition coefficient (Wildman–Crippen LogP) is 1.97. The maximum atomic E-state index is 12.7. The van der Waals surface area contributed by atoms with Gasteiger partial charge in [-0.3, -0.25) is 9.11 Å². The van der Waals surface area contributed by atoms with E-state index in [2.05, 4.69) is 26.9 Å². The molecule has 0 radical (unpaired) electrons. The second kappa shape index (κ2) is 8.62. The molecule has 1 aromatic carbocycles. The van der Waals surface area contributed by atoms with E-state index >= 15 is 0 Å². The minimum Gasteiger partial charge on any atom is -0.490 e. The lowest BCUT2D eigenvalue weighted by molar-refractivity contribution is 0.161. The number of aromatic nitrogens is 3. The van der Waals surface area contributed by atoms with Gasteiger partial charge in [-0.2, -0.15) is 0 Å². The number of rotatable bonds is 5. The molecule has 0 bridgehead atoms. The first kappa shape index (κ1) is 19.9. The molecule has 1 atom stereocenters. The van der Waals surface area contributed by atoms with E-state index < -0.39 is 10.8 Å². The van der Waals surface area contributed by atoms with E-state index in [1.165, 1.54) is 11.3 Å². The fraction of sp³-hybridized carbons (Fsp3) is 0.500. The second-order valence-corrected chi connectivity index (χ2v) is 10.3. The molecule has 10 heteroatoms. The molecule has 30 heavy (non-hydrogen) atoms. The molecule has 4 heterocycles. The lowest BCUT2D eigenvalue weighted by Gasteiger charge is -2.32. The third kappa shape index (κ3) is 4.22. The first-order valence-corrected chi connectivity index (χ1v) is 12.3. The van der Waals surface area contributed by atoms with Gasteiger partial charge in [-0.05, 0) is 25.2 Å². The monoisotopic (exact) mass is 447 g/mol. The van der Waals surface area contributed by atoms with Gasteiger partial charge in [0.2, 0.25) is 9.30 Å². The van der Waals surface area contributed by atoms with Crippen LogP contribution < -0.4 is 9.47 Å². The van der Waals surface area contributed by atoms with Crippen LogP contribution in [-0.4, -0.2) is 87.3 Å². The van der Waals surface area contributed by atoms with Crippen LogP contribution in [0.25, 0.3) is 16.2 Å². The summed E-state index contributed by atoms with van der Waals surface area (Å²) < 4.78 is 26.6. The van der Waals surface area contributed by atoms with Gasteiger partial charge in [-0.15, -0.1) is 5.10 Å². The Balaban J connectivity index is 1.27. The Morgan fingerprint density at radius 1 is 1.13 bits per heavy atom. The van der Waals surface area contributed by atoms with Crippen molar-refractivity contribution in [3.63, 3.8) is 0 Å². The summed E-state index contributed by atoms with van der Waals surface area (Å²) in [6.45, 7) is 6.37. The Labute approximate surface area is 181 Å². The molecule has 1 fully saturated rings. The zero-order chi connectivity index (χ0) is 20.5. The van der Waals surface area contributed by atoms with Crippen LogP contribution in [0, 0.1) is 0 Å². The summed E-state index contributed by atoms with van der Waals surface area (Å²) in [6.07, 6.45) is 2.76. The van der Waals surface area contributed by atoms with Crippen molar-refractivity contribution >= 4 is 27.1 Å². The van der Waals surface area contributed by atoms with Crippen molar-refractivity contribution in [2.45, 2.75) is 10.8 Å². The van der Waals surface area contributed by atoms with E-state index in [1.54, 1.807) is 4.52 Å². The highest BCUT2D eigenvalue weighted by Crippen LogP contribution is 2.34. The minimum absolute atomic E-state index is 0.607. The average Bonchev–Trinajstić information content (AvgIpc) is 3.24. The second-order valence-electron chi connectivity index (χ2n) is 7.63. The highest BCUT2D eigenvalue weighted by atomic mass is 32.2. The molecular formula is C20H25N5O3S2. The van der Waals surface area contributed by atoms with Gasteiger partial charge in [0.1, 0.15) is 0 Å². The van der Waals surface area contributed by atoms with Gasteiger partial charge in [0, 0.05) is 50.5 Å². The van der Waals surface area contributed by atoms with Crippen molar-refractivity contribution in [1.82, 2.24) is 24.4 Å². The Morgan fingerprint density at radius 3 is 2.73 bits per heavy atom. The molecule has 160 valence electrons. The summed E-state index contributed by atoms with van der Waals surface area (Å²) in [5.41, 5.74) is 1.77. The minimum atomic E-state index is -1.10. The molecule has 1 saturated heterocycles. The molecule has 5 rings (SSSR count). The van der Waals surface area contributed by atoms with Gasteiger partial charge in [0.15, 0.2) is 11.5 Å². The number of ether oxygens (including phenoxy) is 2. The van der Waals surface area contributed by atoms with E-state index in [0.717, 1.165) is 66.9 Å². The van der Waals surface area contributed by atoms with Crippen LogP contribution >= 0.6 is 11.3 Å². The fourth-order valence-corrected chi connectivity index (χ4v) is 5.85. The van der Waals surface area contributed by atoms with Crippen LogP contribution in [0.4, 0.5) is 0 Å². The number of hydrogen-bond donors (Lipinski definition) is 0. The summed E-state index contributed by atoms with van der Waals surface area (Å²) in [4.78, 5) is 10.1. The number of piperazine rings is 1. The van der Waals surface area contributed by atoms with Crippen LogP contribution in [0.15, 0.2) is 28.7 Å². The molecule has 0 amide bonds. The zero-order valence-electron chi connectivity index (χ0n) is 17.0. The first-order valence-electron chi connectivity index (χ1n) is 10.2. The van der Waals surface area contributed by atoms with E-state index in [1.807, 2.05) is 24.4 Å². The van der Waals surface area contributed by atoms with E-state index in [4.69, 9.17) is 9.47 Å². The van der Waals surface area contributed by atoms with Gasteiger partial charge in [0.05, 0.1) is 35.9 Å². The molecule has 0 spiro atoms. The number of imidazole rings is 1. The molecule has 0 saturated carbocycles. The van der Waals surface area contributed by atoms with Gasteiger partial charge in [0.25, 0.3) is 0 Å². The van der Waals surface area contributed by atoms with E-state index in [-0.39, 0.29) is 0 Å². The molecule has 2 aliphatic heterocycles. The van der Waals surface area contributed by atoms with Crippen molar-refractivity contribution in [1.29, 1.82) is 0 Å². The van der Waals surface area contributed by atoms with Crippen LogP contribution in [0.2, 0.25) is 0 Å². The van der Waals surface area contributed by atoms with Crippen molar-refractivity contribution < 1.29 is 13.7 Å². The first-order chi connectivity index (χ1) is 14.7. The van der Waals surface area contributed by atoms with Crippen molar-refractivity contribution in [3.05, 3.63) is 24.4 Å². The maximum absolute atomic E-state index is 12.7. The highest BCUT2D eigenvalue weighted by Gasteiger charge is 2.19. The molecule has 2 aliphatic rings. The Bertz CT molecular complexity index is 1030. The van der Waals surface area contributed by atoms with Gasteiger partial charge in [-0.25, -0.2) is 9.50 Å². The third-order valence-corrected chi connectivity index (χ3v) is 8.00. The smallest absolute Gasteiger partial charge is 0.213 e. The normalized spacial score (nSPS) is 19.1. The maximum Gasteiger partial charge on any atom is 0.213 e. The molecule has 3 aromatic rings. The molecule has 8 nitrogen and oxygen atoms in total. The molecular weight excluding hydrogens is 422 g/mol. The van der Waals surface area contributed by atoms with Crippen molar-refractivity contribution in [2.24, 2.45) is 0 Å². The van der Waals surface area contributed by atoms with E-state index in [0.29, 0.717) is 23.3 Å². The Kier molecular flexibility index (Phi) is 5.72. The summed E-state index contributed by atoms with van der Waals surface area (Å²) in [7, 11) is 1.04. The molecule has 0 N–H and O–H groups in total. The summed E-state index contributed by atoms with van der Waals surface area (Å²) in [6, 6.07) is 5.87. The van der Waals surface area contributed by atoms with Crippen LogP contribution in [0.5, 0.6) is 11.5 Å². The Morgan fingerprint density at radius 2 is 1.93 bits per heavy atom. The van der Waals surface area contributed by atoms with E-state index in [9.17, 15) is 4.21 Å². The van der Waals surface area contributed by atoms with Crippen LogP contribution in [0.1, 0.15) is 6.42 Å². The predicted molar refractivity (Wildman–Crippen MR) is 117 cm³/mol.